The molecule has 0 aliphatic carbocycles. The largest absolute Gasteiger partial charge is 0.300 e. The van der Waals surface area contributed by atoms with Crippen LogP contribution in [-0.2, 0) is 10.0 Å². The molecule has 0 aromatic rings. The molecule has 62 valence electrons. The first kappa shape index (κ1) is 10.2. The molecule has 0 fully saturated rings. The third kappa shape index (κ3) is 3.36. The highest BCUT2D eigenvalue weighted by Gasteiger charge is 2.13. The molecule has 10 heavy (non-hydrogen) atoms. The standard InChI is InChI=1S/C4H10ClNO3S/c1-6(7)10(8,9)4-2-3-5/h7H,2-4H2,1H3. The van der Waals surface area contributed by atoms with Gasteiger partial charge in [-0.2, -0.15) is 0 Å². The van der Waals surface area contributed by atoms with E-state index in [-0.39, 0.29) is 16.1 Å². The molecule has 0 saturated heterocycles. The number of nitrogens with zero attached hydrogens (tertiary/aromatic N) is 1. The Balaban J connectivity index is 3.90. The fraction of sp³-hybridized carbons (Fsp3) is 1.00. The topological polar surface area (TPSA) is 57.6 Å². The molecule has 0 bridgehead atoms. The number of hydrogen-bond acceptors (Lipinski definition) is 3. The third-order valence-electron chi connectivity index (χ3n) is 0.938. The molecular weight excluding hydrogens is 178 g/mol. The monoisotopic (exact) mass is 187 g/mol. The lowest BCUT2D eigenvalue weighted by Crippen LogP contribution is -2.25. The van der Waals surface area contributed by atoms with Gasteiger partial charge >= 0.3 is 0 Å². The average molecular weight is 188 g/mol. The van der Waals surface area contributed by atoms with E-state index in [0.717, 1.165) is 7.05 Å². The van der Waals surface area contributed by atoms with Crippen molar-refractivity contribution in [2.24, 2.45) is 0 Å². The van der Waals surface area contributed by atoms with Crippen molar-refractivity contribution in [2.45, 2.75) is 6.42 Å². The lowest BCUT2D eigenvalue weighted by atomic mass is 10.6. The van der Waals surface area contributed by atoms with Crippen molar-refractivity contribution in [2.75, 3.05) is 18.7 Å². The van der Waals surface area contributed by atoms with E-state index < -0.39 is 10.0 Å². The quantitative estimate of drug-likeness (QED) is 0.508. The number of alkyl halides is 1. The number of halogens is 1. The van der Waals surface area contributed by atoms with Crippen LogP contribution in [0.5, 0.6) is 0 Å². The van der Waals surface area contributed by atoms with E-state index in [2.05, 4.69) is 0 Å². The molecule has 0 aliphatic heterocycles. The number of hydroxylamine groups is 1. The molecule has 0 aromatic carbocycles. The van der Waals surface area contributed by atoms with Crippen LogP contribution in [0.3, 0.4) is 0 Å². The minimum absolute atomic E-state index is 0.108. The zero-order valence-electron chi connectivity index (χ0n) is 5.62. The summed E-state index contributed by atoms with van der Waals surface area (Å²) < 4.78 is 21.6. The zero-order chi connectivity index (χ0) is 8.20. The molecule has 6 heteroatoms. The first-order chi connectivity index (χ1) is 4.50. The van der Waals surface area contributed by atoms with Crippen molar-refractivity contribution in [3.8, 4) is 0 Å². The van der Waals surface area contributed by atoms with Gasteiger partial charge in [0.2, 0.25) is 10.0 Å². The van der Waals surface area contributed by atoms with Crippen LogP contribution in [0.2, 0.25) is 0 Å². The smallest absolute Gasteiger partial charge is 0.235 e. The second kappa shape index (κ2) is 4.12. The van der Waals surface area contributed by atoms with Gasteiger partial charge in [0.1, 0.15) is 0 Å². The molecule has 0 aliphatic rings. The predicted octanol–water partition coefficient (Wildman–Crippen LogP) is 0.266. The van der Waals surface area contributed by atoms with Gasteiger partial charge in [0.15, 0.2) is 0 Å². The predicted molar refractivity (Wildman–Crippen MR) is 38.7 cm³/mol. The number of rotatable bonds is 4. The summed E-state index contributed by atoms with van der Waals surface area (Å²) in [4.78, 5) is 0. The third-order valence-corrected chi connectivity index (χ3v) is 2.82. The van der Waals surface area contributed by atoms with E-state index in [0.29, 0.717) is 6.42 Å². The summed E-state index contributed by atoms with van der Waals surface area (Å²) in [5, 5.41) is 8.51. The summed E-state index contributed by atoms with van der Waals surface area (Å²) in [6.45, 7) is 0. The summed E-state index contributed by atoms with van der Waals surface area (Å²) in [7, 11) is -2.38. The summed E-state index contributed by atoms with van der Waals surface area (Å²) in [5.41, 5.74) is 0. The SMILES string of the molecule is CN(O)S(=O)(=O)CCCCl. The fourth-order valence-electron chi connectivity index (χ4n) is 0.369. The van der Waals surface area contributed by atoms with Gasteiger partial charge in [-0.1, -0.05) is 4.47 Å². The van der Waals surface area contributed by atoms with Crippen LogP contribution in [0, 0.1) is 0 Å². The zero-order valence-corrected chi connectivity index (χ0v) is 7.19. The Bertz CT molecular complexity index is 177. The molecule has 0 heterocycles. The Hall–Kier alpha value is 0.160. The van der Waals surface area contributed by atoms with E-state index in [1.165, 1.54) is 0 Å². The van der Waals surface area contributed by atoms with E-state index in [1.54, 1.807) is 0 Å². The van der Waals surface area contributed by atoms with Crippen LogP contribution in [0.15, 0.2) is 0 Å². The lowest BCUT2D eigenvalue weighted by molar-refractivity contribution is 0.0311. The Morgan fingerprint density at radius 2 is 2.10 bits per heavy atom. The molecule has 0 amide bonds. The number of sulfonamides is 1. The average Bonchev–Trinajstić information content (AvgIpc) is 1.84. The molecule has 4 nitrogen and oxygen atoms in total. The Labute approximate surface area is 65.4 Å². The van der Waals surface area contributed by atoms with E-state index >= 15 is 0 Å². The van der Waals surface area contributed by atoms with Crippen molar-refractivity contribution < 1.29 is 13.6 Å². The van der Waals surface area contributed by atoms with Crippen LogP contribution in [0.1, 0.15) is 6.42 Å². The summed E-state index contributed by atoms with van der Waals surface area (Å²) in [6, 6.07) is 0. The molecule has 0 atom stereocenters. The molecule has 0 aromatic heterocycles. The van der Waals surface area contributed by atoms with Crippen molar-refractivity contribution in [1.82, 2.24) is 4.47 Å². The maximum atomic E-state index is 10.7. The highest BCUT2D eigenvalue weighted by atomic mass is 35.5. The van der Waals surface area contributed by atoms with Crippen LogP contribution in [0.4, 0.5) is 0 Å². The van der Waals surface area contributed by atoms with Crippen LogP contribution < -0.4 is 0 Å². The molecule has 0 unspecified atom stereocenters. The Morgan fingerprint density at radius 1 is 1.60 bits per heavy atom. The molecule has 0 spiro atoms. The van der Waals surface area contributed by atoms with Crippen molar-refractivity contribution >= 4 is 21.6 Å². The van der Waals surface area contributed by atoms with Gasteiger partial charge in [-0.05, 0) is 6.42 Å². The summed E-state index contributed by atoms with van der Waals surface area (Å²) in [5.74, 6) is 0.177. The van der Waals surface area contributed by atoms with E-state index in [9.17, 15) is 8.42 Å². The summed E-state index contributed by atoms with van der Waals surface area (Å²) in [6.07, 6.45) is 0.356. The lowest BCUT2D eigenvalue weighted by Gasteiger charge is -2.07. The van der Waals surface area contributed by atoms with Crippen molar-refractivity contribution in [1.29, 1.82) is 0 Å². The van der Waals surface area contributed by atoms with E-state index in [4.69, 9.17) is 16.8 Å². The highest BCUT2D eigenvalue weighted by molar-refractivity contribution is 7.88. The van der Waals surface area contributed by atoms with Crippen molar-refractivity contribution in [3.05, 3.63) is 0 Å². The second-order valence-electron chi connectivity index (χ2n) is 1.79. The maximum Gasteiger partial charge on any atom is 0.235 e. The molecule has 0 saturated carbocycles. The minimum atomic E-state index is -3.46. The van der Waals surface area contributed by atoms with Gasteiger partial charge in [-0.25, -0.2) is 8.42 Å². The summed E-state index contributed by atoms with van der Waals surface area (Å²) >= 11 is 5.25. The highest BCUT2D eigenvalue weighted by Crippen LogP contribution is 1.97. The van der Waals surface area contributed by atoms with Gasteiger partial charge in [0.05, 0.1) is 5.75 Å². The first-order valence-electron chi connectivity index (χ1n) is 2.72. The molecule has 1 N–H and O–H groups in total. The first-order valence-corrected chi connectivity index (χ1v) is 4.86. The van der Waals surface area contributed by atoms with Gasteiger partial charge in [0, 0.05) is 12.9 Å². The fourth-order valence-corrected chi connectivity index (χ4v) is 1.43. The maximum absolute atomic E-state index is 10.7. The van der Waals surface area contributed by atoms with Crippen molar-refractivity contribution in [3.63, 3.8) is 0 Å². The molecule has 0 radical (unpaired) electrons. The van der Waals surface area contributed by atoms with Crippen LogP contribution in [-0.4, -0.2) is 36.8 Å². The second-order valence-corrected chi connectivity index (χ2v) is 4.27. The molecular formula is C4H10ClNO3S. The van der Waals surface area contributed by atoms with Crippen LogP contribution in [0.25, 0.3) is 0 Å². The van der Waals surface area contributed by atoms with Crippen LogP contribution >= 0.6 is 11.6 Å². The normalized spacial score (nSPS) is 12.4. The van der Waals surface area contributed by atoms with Gasteiger partial charge in [-0.3, -0.25) is 5.21 Å². The number of hydrogen-bond donors (Lipinski definition) is 1. The molecule has 0 rings (SSSR count). The van der Waals surface area contributed by atoms with E-state index in [1.807, 2.05) is 0 Å². The van der Waals surface area contributed by atoms with Gasteiger partial charge in [-0.15, -0.1) is 11.6 Å². The Morgan fingerprint density at radius 3 is 2.40 bits per heavy atom. The van der Waals surface area contributed by atoms with Gasteiger partial charge < -0.3 is 0 Å². The minimum Gasteiger partial charge on any atom is -0.300 e. The Kier molecular flexibility index (Phi) is 4.19. The van der Waals surface area contributed by atoms with Gasteiger partial charge in [0.25, 0.3) is 0 Å².